The highest BCUT2D eigenvalue weighted by Crippen LogP contribution is 2.27. The molecular weight excluding hydrogens is 200 g/mol. The lowest BCUT2D eigenvalue weighted by Gasteiger charge is -2.35. The highest BCUT2D eigenvalue weighted by atomic mass is 16.2. The van der Waals surface area contributed by atoms with Gasteiger partial charge in [-0.25, -0.2) is 5.32 Å². The number of benzene rings is 1. The van der Waals surface area contributed by atoms with Crippen molar-refractivity contribution in [3.05, 3.63) is 48.6 Å². The Balaban J connectivity index is 2.41. The SMILES string of the molecule is C=CCC1(c2ccccc2)NCC[N]C1=O. The van der Waals surface area contributed by atoms with Crippen LogP contribution in [0.5, 0.6) is 0 Å². The summed E-state index contributed by atoms with van der Waals surface area (Å²) in [6, 6.07) is 9.72. The van der Waals surface area contributed by atoms with Gasteiger partial charge in [-0.05, 0) is 12.0 Å². The zero-order chi connectivity index (χ0) is 11.4. The Labute approximate surface area is 95.6 Å². The van der Waals surface area contributed by atoms with Crippen LogP contribution in [0.15, 0.2) is 43.0 Å². The van der Waals surface area contributed by atoms with E-state index in [-0.39, 0.29) is 5.91 Å². The first kappa shape index (κ1) is 10.9. The number of rotatable bonds is 3. The molecule has 1 aromatic rings. The quantitative estimate of drug-likeness (QED) is 0.770. The van der Waals surface area contributed by atoms with Crippen molar-refractivity contribution in [2.24, 2.45) is 0 Å². The lowest BCUT2D eigenvalue weighted by Crippen LogP contribution is -2.58. The topological polar surface area (TPSA) is 43.2 Å². The molecule has 16 heavy (non-hydrogen) atoms. The van der Waals surface area contributed by atoms with Gasteiger partial charge in [0.05, 0.1) is 6.54 Å². The molecule has 1 aromatic carbocycles. The van der Waals surface area contributed by atoms with Gasteiger partial charge in [0.2, 0.25) is 0 Å². The van der Waals surface area contributed by atoms with Gasteiger partial charge in [0.15, 0.2) is 0 Å². The average molecular weight is 215 g/mol. The Morgan fingerprint density at radius 1 is 1.44 bits per heavy atom. The van der Waals surface area contributed by atoms with Crippen molar-refractivity contribution < 1.29 is 4.79 Å². The second-order valence-corrected chi connectivity index (χ2v) is 3.88. The van der Waals surface area contributed by atoms with Gasteiger partial charge >= 0.3 is 0 Å². The smallest absolute Gasteiger partial charge is 0.266 e. The van der Waals surface area contributed by atoms with E-state index in [2.05, 4.69) is 17.2 Å². The van der Waals surface area contributed by atoms with E-state index >= 15 is 0 Å². The number of nitrogens with one attached hydrogen (secondary N) is 1. The van der Waals surface area contributed by atoms with E-state index < -0.39 is 5.54 Å². The Bertz CT molecular complexity index is 388. The van der Waals surface area contributed by atoms with E-state index in [1.54, 1.807) is 6.08 Å². The summed E-state index contributed by atoms with van der Waals surface area (Å²) in [5, 5.41) is 7.31. The zero-order valence-electron chi connectivity index (χ0n) is 9.15. The molecule has 1 aliphatic rings. The highest BCUT2D eigenvalue weighted by molar-refractivity contribution is 5.88. The van der Waals surface area contributed by atoms with Crippen LogP contribution in [-0.2, 0) is 10.3 Å². The first-order valence-corrected chi connectivity index (χ1v) is 5.43. The van der Waals surface area contributed by atoms with Crippen LogP contribution in [0.4, 0.5) is 0 Å². The summed E-state index contributed by atoms with van der Waals surface area (Å²) in [5.74, 6) is -0.0927. The number of hydrogen-bond donors (Lipinski definition) is 1. The summed E-state index contributed by atoms with van der Waals surface area (Å²) in [4.78, 5) is 12.0. The van der Waals surface area contributed by atoms with Crippen molar-refractivity contribution in [2.45, 2.75) is 12.0 Å². The molecule has 3 nitrogen and oxygen atoms in total. The molecular formula is C13H15N2O. The predicted octanol–water partition coefficient (Wildman–Crippen LogP) is 1.19. The lowest BCUT2D eigenvalue weighted by atomic mass is 9.84. The maximum Gasteiger partial charge on any atom is 0.266 e. The monoisotopic (exact) mass is 215 g/mol. The third-order valence-electron chi connectivity index (χ3n) is 2.88. The van der Waals surface area contributed by atoms with Gasteiger partial charge in [0.25, 0.3) is 5.91 Å². The molecule has 0 bridgehead atoms. The van der Waals surface area contributed by atoms with Gasteiger partial charge in [0.1, 0.15) is 5.54 Å². The molecule has 0 aliphatic carbocycles. The van der Waals surface area contributed by atoms with Crippen LogP contribution >= 0.6 is 0 Å². The van der Waals surface area contributed by atoms with E-state index in [4.69, 9.17) is 0 Å². The maximum absolute atomic E-state index is 12.0. The molecule has 1 heterocycles. The summed E-state index contributed by atoms with van der Waals surface area (Å²) in [6.07, 6.45) is 2.33. The first-order valence-electron chi connectivity index (χ1n) is 5.43. The second kappa shape index (κ2) is 4.49. The van der Waals surface area contributed by atoms with Crippen molar-refractivity contribution in [3.63, 3.8) is 0 Å². The molecule has 1 aliphatic heterocycles. The predicted molar refractivity (Wildman–Crippen MR) is 62.9 cm³/mol. The van der Waals surface area contributed by atoms with Crippen LogP contribution in [0, 0.1) is 0 Å². The molecule has 0 saturated carbocycles. The fraction of sp³-hybridized carbons (Fsp3) is 0.308. The van der Waals surface area contributed by atoms with E-state index in [0.717, 1.165) is 12.1 Å². The molecule has 1 amide bonds. The van der Waals surface area contributed by atoms with E-state index in [0.29, 0.717) is 13.0 Å². The largest absolute Gasteiger partial charge is 0.297 e. The molecule has 1 atom stereocenters. The Kier molecular flexibility index (Phi) is 3.06. The summed E-state index contributed by atoms with van der Waals surface area (Å²) in [5.41, 5.74) is 0.268. The minimum absolute atomic E-state index is 0.0927. The summed E-state index contributed by atoms with van der Waals surface area (Å²) < 4.78 is 0. The van der Waals surface area contributed by atoms with Crippen LogP contribution in [0.2, 0.25) is 0 Å². The fourth-order valence-corrected chi connectivity index (χ4v) is 2.08. The Morgan fingerprint density at radius 2 is 2.19 bits per heavy atom. The van der Waals surface area contributed by atoms with Crippen molar-refractivity contribution >= 4 is 5.91 Å². The van der Waals surface area contributed by atoms with Crippen LogP contribution in [0.1, 0.15) is 12.0 Å². The van der Waals surface area contributed by atoms with Gasteiger partial charge < -0.3 is 0 Å². The number of carbonyl (C=O) groups excluding carboxylic acids is 1. The van der Waals surface area contributed by atoms with Crippen molar-refractivity contribution in [1.82, 2.24) is 10.6 Å². The molecule has 1 fully saturated rings. The molecule has 1 unspecified atom stereocenters. The van der Waals surface area contributed by atoms with Crippen molar-refractivity contribution in [2.75, 3.05) is 13.1 Å². The lowest BCUT2D eigenvalue weighted by molar-refractivity contribution is -0.130. The number of amides is 1. The van der Waals surface area contributed by atoms with Crippen molar-refractivity contribution in [1.29, 1.82) is 0 Å². The fourth-order valence-electron chi connectivity index (χ4n) is 2.08. The molecule has 1 N–H and O–H groups in total. The summed E-state index contributed by atoms with van der Waals surface area (Å²) in [7, 11) is 0. The molecule has 1 saturated heterocycles. The third kappa shape index (κ3) is 1.74. The highest BCUT2D eigenvalue weighted by Gasteiger charge is 2.41. The summed E-state index contributed by atoms with van der Waals surface area (Å²) >= 11 is 0. The molecule has 1 radical (unpaired) electrons. The van der Waals surface area contributed by atoms with Crippen molar-refractivity contribution in [3.8, 4) is 0 Å². The minimum Gasteiger partial charge on any atom is -0.297 e. The first-order chi connectivity index (χ1) is 7.79. The number of piperazine rings is 1. The average Bonchev–Trinajstić information content (AvgIpc) is 2.34. The second-order valence-electron chi connectivity index (χ2n) is 3.88. The van der Waals surface area contributed by atoms with Crippen LogP contribution in [-0.4, -0.2) is 19.0 Å². The molecule has 0 aromatic heterocycles. The Hall–Kier alpha value is -1.61. The Morgan fingerprint density at radius 3 is 2.81 bits per heavy atom. The van der Waals surface area contributed by atoms with E-state index in [1.807, 2.05) is 30.3 Å². The molecule has 2 rings (SSSR count). The standard InChI is InChI=1S/C13H15N2O/c1-2-8-13(11-6-4-3-5-7-11)12(16)14-9-10-15-13/h2-7,15H,1,8-10H2. The zero-order valence-corrected chi connectivity index (χ0v) is 9.15. The number of hydrogen-bond acceptors (Lipinski definition) is 2. The van der Waals surface area contributed by atoms with E-state index in [9.17, 15) is 4.79 Å². The van der Waals surface area contributed by atoms with Gasteiger partial charge in [-0.1, -0.05) is 36.4 Å². The summed E-state index contributed by atoms with van der Waals surface area (Å²) in [6.45, 7) is 5.02. The number of nitrogens with zero attached hydrogens (tertiary/aromatic N) is 1. The van der Waals surface area contributed by atoms with Gasteiger partial charge in [-0.3, -0.25) is 10.1 Å². The molecule has 0 spiro atoms. The van der Waals surface area contributed by atoms with Gasteiger partial charge in [0, 0.05) is 6.54 Å². The molecule has 3 heteroatoms. The molecule has 83 valence electrons. The van der Waals surface area contributed by atoms with E-state index in [1.165, 1.54) is 0 Å². The normalized spacial score (nSPS) is 24.9. The maximum atomic E-state index is 12.0. The number of carbonyl (C=O) groups is 1. The van der Waals surface area contributed by atoms with Gasteiger partial charge in [-0.15, -0.1) is 6.58 Å². The minimum atomic E-state index is -0.693. The van der Waals surface area contributed by atoms with Crippen LogP contribution in [0.3, 0.4) is 0 Å². The van der Waals surface area contributed by atoms with Crippen LogP contribution < -0.4 is 10.6 Å². The third-order valence-corrected chi connectivity index (χ3v) is 2.88. The van der Waals surface area contributed by atoms with Crippen LogP contribution in [0.25, 0.3) is 0 Å². The van der Waals surface area contributed by atoms with Gasteiger partial charge in [-0.2, -0.15) is 0 Å².